The number of amides is 2. The number of hydrogen-bond donors (Lipinski definition) is 3. The van der Waals surface area contributed by atoms with Gasteiger partial charge in [-0.2, -0.15) is 0 Å². The van der Waals surface area contributed by atoms with E-state index >= 15 is 0 Å². The van der Waals surface area contributed by atoms with Gasteiger partial charge in [0.1, 0.15) is 11.5 Å². The minimum Gasteiger partial charge on any atom is -0.492 e. The predicted octanol–water partition coefficient (Wildman–Crippen LogP) is 2.25. The van der Waals surface area contributed by atoms with Crippen molar-refractivity contribution in [1.29, 1.82) is 0 Å². The smallest absolute Gasteiger partial charge is 0.303 e. The van der Waals surface area contributed by atoms with E-state index in [1.54, 1.807) is 26.0 Å². The molecule has 2 amide bonds. The molecule has 0 fully saturated rings. The van der Waals surface area contributed by atoms with Crippen LogP contribution in [0, 0.1) is 0 Å². The van der Waals surface area contributed by atoms with Crippen molar-refractivity contribution in [1.82, 2.24) is 0 Å². The molecule has 0 aromatic heterocycles. The van der Waals surface area contributed by atoms with E-state index < -0.39 is 11.9 Å². The molecule has 0 saturated heterocycles. The van der Waals surface area contributed by atoms with E-state index in [2.05, 4.69) is 10.6 Å². The summed E-state index contributed by atoms with van der Waals surface area (Å²) in [5.74, 6) is -1.03. The van der Waals surface area contributed by atoms with Gasteiger partial charge in [0, 0.05) is 25.5 Å². The predicted molar refractivity (Wildman–Crippen MR) is 88.6 cm³/mol. The molecular weight excluding hydrogens is 316 g/mol. The molecule has 8 heteroatoms. The maximum absolute atomic E-state index is 11.9. The first-order chi connectivity index (χ1) is 11.4. The lowest BCUT2D eigenvalue weighted by Crippen LogP contribution is -2.15. The fourth-order valence-corrected chi connectivity index (χ4v) is 1.93. The Morgan fingerprint density at radius 3 is 1.88 bits per heavy atom. The Labute approximate surface area is 140 Å². The third-order valence-corrected chi connectivity index (χ3v) is 2.83. The summed E-state index contributed by atoms with van der Waals surface area (Å²) in [6, 6.07) is 3.10. The summed E-state index contributed by atoms with van der Waals surface area (Å²) in [5.41, 5.74) is 0.779. The minimum absolute atomic E-state index is 0.154. The van der Waals surface area contributed by atoms with Crippen LogP contribution in [0.15, 0.2) is 12.1 Å². The molecule has 0 radical (unpaired) electrons. The van der Waals surface area contributed by atoms with E-state index in [0.29, 0.717) is 36.1 Å². The Balaban J connectivity index is 3.11. The lowest BCUT2D eigenvalue weighted by atomic mass is 10.2. The first-order valence-electron chi connectivity index (χ1n) is 7.60. The van der Waals surface area contributed by atoms with Crippen LogP contribution in [0.2, 0.25) is 0 Å². The number of carboxylic acids is 1. The summed E-state index contributed by atoms with van der Waals surface area (Å²) in [5, 5.41) is 13.9. The van der Waals surface area contributed by atoms with E-state index in [1.165, 1.54) is 6.92 Å². The Morgan fingerprint density at radius 2 is 1.46 bits per heavy atom. The summed E-state index contributed by atoms with van der Waals surface area (Å²) >= 11 is 0. The van der Waals surface area contributed by atoms with Crippen LogP contribution in [0.4, 0.5) is 11.4 Å². The van der Waals surface area contributed by atoms with Gasteiger partial charge in [-0.15, -0.1) is 0 Å². The molecule has 0 atom stereocenters. The fourth-order valence-electron chi connectivity index (χ4n) is 1.93. The van der Waals surface area contributed by atoms with E-state index in [-0.39, 0.29) is 18.7 Å². The second kappa shape index (κ2) is 9.39. The first kappa shape index (κ1) is 19.3. The molecular formula is C16H22N2O6. The van der Waals surface area contributed by atoms with Gasteiger partial charge in [0.15, 0.2) is 0 Å². The SMILES string of the molecule is CCOc1cc(NC(=O)CCC(=O)O)c(OCC)cc1NC(C)=O. The summed E-state index contributed by atoms with van der Waals surface area (Å²) in [6.45, 7) is 5.67. The number of aliphatic carboxylic acids is 1. The average molecular weight is 338 g/mol. The molecule has 132 valence electrons. The molecule has 0 spiro atoms. The molecule has 0 bridgehead atoms. The second-order valence-electron chi connectivity index (χ2n) is 4.83. The number of benzene rings is 1. The van der Waals surface area contributed by atoms with Gasteiger partial charge in [-0.3, -0.25) is 14.4 Å². The van der Waals surface area contributed by atoms with Crippen LogP contribution in [0.5, 0.6) is 11.5 Å². The molecule has 3 N–H and O–H groups in total. The van der Waals surface area contributed by atoms with Crippen molar-refractivity contribution >= 4 is 29.2 Å². The third-order valence-electron chi connectivity index (χ3n) is 2.83. The van der Waals surface area contributed by atoms with Crippen molar-refractivity contribution in [3.63, 3.8) is 0 Å². The monoisotopic (exact) mass is 338 g/mol. The summed E-state index contributed by atoms with van der Waals surface area (Å²) in [6.07, 6.45) is -0.420. The highest BCUT2D eigenvalue weighted by Gasteiger charge is 2.15. The number of carboxylic acid groups (broad SMARTS) is 1. The van der Waals surface area contributed by atoms with Gasteiger partial charge in [-0.1, -0.05) is 0 Å². The van der Waals surface area contributed by atoms with Crippen LogP contribution in [0.3, 0.4) is 0 Å². The standard InChI is InChI=1S/C16H22N2O6/c1-4-23-13-9-12(18-15(20)6-7-16(21)22)14(24-5-2)8-11(13)17-10(3)19/h8-9H,4-7H2,1-3H3,(H,17,19)(H,18,20)(H,21,22). The highest BCUT2D eigenvalue weighted by molar-refractivity contribution is 5.96. The zero-order valence-corrected chi connectivity index (χ0v) is 14.0. The topological polar surface area (TPSA) is 114 Å². The maximum atomic E-state index is 11.9. The van der Waals surface area contributed by atoms with Crippen molar-refractivity contribution in [3.8, 4) is 11.5 Å². The zero-order chi connectivity index (χ0) is 18.1. The third kappa shape index (κ3) is 6.15. The van der Waals surface area contributed by atoms with Crippen molar-refractivity contribution in [3.05, 3.63) is 12.1 Å². The Morgan fingerprint density at radius 1 is 0.958 bits per heavy atom. The molecule has 0 unspecified atom stereocenters. The molecule has 24 heavy (non-hydrogen) atoms. The van der Waals surface area contributed by atoms with Crippen LogP contribution in [-0.4, -0.2) is 36.1 Å². The summed E-state index contributed by atoms with van der Waals surface area (Å²) in [4.78, 5) is 33.7. The lowest BCUT2D eigenvalue weighted by molar-refractivity contribution is -0.138. The van der Waals surface area contributed by atoms with Crippen LogP contribution >= 0.6 is 0 Å². The molecule has 1 rings (SSSR count). The van der Waals surface area contributed by atoms with Crippen molar-refractivity contribution in [2.45, 2.75) is 33.6 Å². The van der Waals surface area contributed by atoms with Gasteiger partial charge in [0.05, 0.1) is 31.0 Å². The number of hydrogen-bond acceptors (Lipinski definition) is 5. The molecule has 0 aliphatic rings. The normalized spacial score (nSPS) is 9.96. The van der Waals surface area contributed by atoms with E-state index in [1.807, 2.05) is 0 Å². The highest BCUT2D eigenvalue weighted by atomic mass is 16.5. The van der Waals surface area contributed by atoms with Gasteiger partial charge >= 0.3 is 5.97 Å². The second-order valence-corrected chi connectivity index (χ2v) is 4.83. The average Bonchev–Trinajstić information content (AvgIpc) is 2.49. The van der Waals surface area contributed by atoms with E-state index in [4.69, 9.17) is 14.6 Å². The van der Waals surface area contributed by atoms with Crippen molar-refractivity contribution in [2.24, 2.45) is 0 Å². The molecule has 8 nitrogen and oxygen atoms in total. The van der Waals surface area contributed by atoms with Gasteiger partial charge < -0.3 is 25.2 Å². The fraction of sp³-hybridized carbons (Fsp3) is 0.438. The van der Waals surface area contributed by atoms with Crippen molar-refractivity contribution in [2.75, 3.05) is 23.8 Å². The Kier molecular flexibility index (Phi) is 7.54. The minimum atomic E-state index is -1.05. The van der Waals surface area contributed by atoms with Crippen LogP contribution in [0.1, 0.15) is 33.6 Å². The number of carbonyl (C=O) groups excluding carboxylic acids is 2. The molecule has 0 heterocycles. The van der Waals surface area contributed by atoms with Gasteiger partial charge in [0.25, 0.3) is 0 Å². The molecule has 1 aromatic rings. The van der Waals surface area contributed by atoms with E-state index in [0.717, 1.165) is 0 Å². The van der Waals surface area contributed by atoms with Gasteiger partial charge in [0.2, 0.25) is 11.8 Å². The quantitative estimate of drug-likeness (QED) is 0.636. The van der Waals surface area contributed by atoms with Crippen LogP contribution in [0.25, 0.3) is 0 Å². The zero-order valence-electron chi connectivity index (χ0n) is 14.0. The molecule has 1 aromatic carbocycles. The van der Waals surface area contributed by atoms with E-state index in [9.17, 15) is 14.4 Å². The highest BCUT2D eigenvalue weighted by Crippen LogP contribution is 2.37. The Bertz CT molecular complexity index is 615. The number of anilines is 2. The number of nitrogens with one attached hydrogen (secondary N) is 2. The van der Waals surface area contributed by atoms with Crippen LogP contribution in [-0.2, 0) is 14.4 Å². The number of carbonyl (C=O) groups is 3. The summed E-state index contributed by atoms with van der Waals surface area (Å²) < 4.78 is 11.0. The summed E-state index contributed by atoms with van der Waals surface area (Å²) in [7, 11) is 0. The molecule has 0 aliphatic heterocycles. The van der Waals surface area contributed by atoms with Gasteiger partial charge in [-0.25, -0.2) is 0 Å². The number of rotatable bonds is 9. The van der Waals surface area contributed by atoms with Crippen LogP contribution < -0.4 is 20.1 Å². The van der Waals surface area contributed by atoms with Gasteiger partial charge in [-0.05, 0) is 13.8 Å². The number of ether oxygens (including phenoxy) is 2. The lowest BCUT2D eigenvalue weighted by Gasteiger charge is -2.17. The molecule has 0 saturated carbocycles. The van der Waals surface area contributed by atoms with Crippen molar-refractivity contribution < 1.29 is 29.0 Å². The first-order valence-corrected chi connectivity index (χ1v) is 7.60. The largest absolute Gasteiger partial charge is 0.492 e. The Hall–Kier alpha value is -2.77. The molecule has 0 aliphatic carbocycles. The maximum Gasteiger partial charge on any atom is 0.303 e.